The fraction of sp³-hybridized carbons (Fsp3) is 0.842. The molecule has 3 atom stereocenters. The van der Waals surface area contributed by atoms with Crippen molar-refractivity contribution < 1.29 is 22.8 Å². The molecule has 7 nitrogen and oxygen atoms in total. The lowest BCUT2D eigenvalue weighted by Crippen LogP contribution is -2.47. The Hall–Kier alpha value is -2.00. The molecule has 1 saturated carbocycles. The summed E-state index contributed by atoms with van der Waals surface area (Å²) in [6, 6.07) is -0.668. The van der Waals surface area contributed by atoms with Gasteiger partial charge in [0.1, 0.15) is 5.54 Å². The van der Waals surface area contributed by atoms with Gasteiger partial charge >= 0.3 is 12.2 Å². The molecule has 10 heteroatoms. The second-order valence-electron chi connectivity index (χ2n) is 7.93. The first-order valence-corrected chi connectivity index (χ1v) is 10.4. The SMILES string of the molecule is CCNC(=NCCCN1C(=O)NC(C)(CC)C1=O)NC1CCCC(C(F)(F)F)C1. The van der Waals surface area contributed by atoms with Gasteiger partial charge in [0.05, 0.1) is 5.92 Å². The standard InChI is InChI=1S/C19H32F3N5O2/c1-4-18(3)15(28)27(17(29)26-18)11-7-10-24-16(23-5-2)25-14-9-6-8-13(12-14)19(20,21)22/h13-14H,4-12H2,1-3H3,(H,26,29)(H2,23,24,25). The van der Waals surface area contributed by atoms with E-state index < -0.39 is 23.7 Å². The first-order valence-electron chi connectivity index (χ1n) is 10.4. The molecule has 2 rings (SSSR count). The summed E-state index contributed by atoms with van der Waals surface area (Å²) in [6.07, 6.45) is -1.74. The molecule has 1 saturated heterocycles. The second-order valence-corrected chi connectivity index (χ2v) is 7.93. The molecule has 0 bridgehead atoms. The Balaban J connectivity index is 1.86. The lowest BCUT2D eigenvalue weighted by Gasteiger charge is -2.32. The Morgan fingerprint density at radius 2 is 2.03 bits per heavy atom. The van der Waals surface area contributed by atoms with Gasteiger partial charge in [-0.2, -0.15) is 13.2 Å². The summed E-state index contributed by atoms with van der Waals surface area (Å²) in [6.45, 7) is 6.62. The fourth-order valence-corrected chi connectivity index (χ4v) is 3.74. The highest BCUT2D eigenvalue weighted by atomic mass is 19.4. The van der Waals surface area contributed by atoms with E-state index in [4.69, 9.17) is 0 Å². The van der Waals surface area contributed by atoms with Gasteiger partial charge < -0.3 is 16.0 Å². The maximum atomic E-state index is 13.0. The van der Waals surface area contributed by atoms with Crippen LogP contribution in [0.4, 0.5) is 18.0 Å². The van der Waals surface area contributed by atoms with E-state index in [0.29, 0.717) is 44.7 Å². The second kappa shape index (κ2) is 9.67. The predicted octanol–water partition coefficient (Wildman–Crippen LogP) is 2.77. The van der Waals surface area contributed by atoms with Crippen molar-refractivity contribution in [1.82, 2.24) is 20.9 Å². The van der Waals surface area contributed by atoms with Crippen LogP contribution in [0.1, 0.15) is 59.3 Å². The molecule has 1 aliphatic heterocycles. The van der Waals surface area contributed by atoms with E-state index in [0.717, 1.165) is 0 Å². The molecule has 29 heavy (non-hydrogen) atoms. The summed E-state index contributed by atoms with van der Waals surface area (Å²) in [5, 5.41) is 8.86. The molecule has 2 fully saturated rings. The van der Waals surface area contributed by atoms with Gasteiger partial charge in [-0.05, 0) is 46.0 Å². The molecule has 166 valence electrons. The smallest absolute Gasteiger partial charge is 0.357 e. The number of hydrogen-bond acceptors (Lipinski definition) is 3. The first-order chi connectivity index (χ1) is 13.6. The van der Waals surface area contributed by atoms with Gasteiger partial charge in [-0.3, -0.25) is 14.7 Å². The van der Waals surface area contributed by atoms with E-state index in [9.17, 15) is 22.8 Å². The summed E-state index contributed by atoms with van der Waals surface area (Å²) in [4.78, 5) is 30.0. The monoisotopic (exact) mass is 419 g/mol. The molecule has 3 amide bonds. The number of aliphatic imine (C=N–C) groups is 1. The quantitative estimate of drug-likeness (QED) is 0.256. The average molecular weight is 419 g/mol. The number of halogens is 3. The van der Waals surface area contributed by atoms with Crippen molar-refractivity contribution >= 4 is 17.9 Å². The van der Waals surface area contributed by atoms with Crippen molar-refractivity contribution in [2.75, 3.05) is 19.6 Å². The van der Waals surface area contributed by atoms with Crippen molar-refractivity contribution in [1.29, 1.82) is 0 Å². The Morgan fingerprint density at radius 3 is 2.62 bits per heavy atom. The van der Waals surface area contributed by atoms with Crippen LogP contribution in [-0.4, -0.2) is 60.2 Å². The number of nitrogens with zero attached hydrogens (tertiary/aromatic N) is 2. The first kappa shape index (κ1) is 23.3. The summed E-state index contributed by atoms with van der Waals surface area (Å²) < 4.78 is 39.0. The third-order valence-electron chi connectivity index (χ3n) is 5.68. The maximum Gasteiger partial charge on any atom is 0.391 e. The van der Waals surface area contributed by atoms with Crippen LogP contribution in [0.3, 0.4) is 0 Å². The van der Waals surface area contributed by atoms with Crippen LogP contribution in [0, 0.1) is 5.92 Å². The lowest BCUT2D eigenvalue weighted by atomic mass is 9.85. The van der Waals surface area contributed by atoms with Crippen molar-refractivity contribution in [3.63, 3.8) is 0 Å². The minimum absolute atomic E-state index is 0.0476. The van der Waals surface area contributed by atoms with E-state index in [2.05, 4.69) is 20.9 Å². The van der Waals surface area contributed by atoms with Crippen molar-refractivity contribution in [3.8, 4) is 0 Å². The summed E-state index contributed by atoms with van der Waals surface area (Å²) in [5.41, 5.74) is -0.854. The van der Waals surface area contributed by atoms with E-state index in [1.165, 1.54) is 4.90 Å². The Bertz CT molecular complexity index is 625. The number of urea groups is 1. The zero-order valence-corrected chi connectivity index (χ0v) is 17.4. The van der Waals surface area contributed by atoms with Gasteiger partial charge in [0, 0.05) is 25.7 Å². The van der Waals surface area contributed by atoms with E-state index in [1.54, 1.807) is 6.92 Å². The highest BCUT2D eigenvalue weighted by Gasteiger charge is 2.46. The third kappa shape index (κ3) is 5.99. The summed E-state index contributed by atoms with van der Waals surface area (Å²) >= 11 is 0. The van der Waals surface area contributed by atoms with Crippen molar-refractivity contribution in [2.45, 2.75) is 77.1 Å². The van der Waals surface area contributed by atoms with Crippen LogP contribution in [0.2, 0.25) is 0 Å². The molecule has 1 heterocycles. The molecule has 1 aliphatic carbocycles. The van der Waals surface area contributed by atoms with Crippen LogP contribution in [0.25, 0.3) is 0 Å². The molecular weight excluding hydrogens is 387 g/mol. The number of guanidine groups is 1. The summed E-state index contributed by atoms with van der Waals surface area (Å²) in [5.74, 6) is -1.04. The zero-order chi connectivity index (χ0) is 21.7. The molecule has 0 radical (unpaired) electrons. The number of rotatable bonds is 7. The van der Waals surface area contributed by atoms with Gasteiger partial charge in [0.25, 0.3) is 5.91 Å². The number of imide groups is 1. The Labute approximate surface area is 169 Å². The van der Waals surface area contributed by atoms with Crippen LogP contribution in [0.5, 0.6) is 0 Å². The van der Waals surface area contributed by atoms with Gasteiger partial charge in [0.2, 0.25) is 0 Å². The lowest BCUT2D eigenvalue weighted by molar-refractivity contribution is -0.183. The molecule has 2 aliphatic rings. The maximum absolute atomic E-state index is 13.0. The van der Waals surface area contributed by atoms with Crippen molar-refractivity contribution in [2.24, 2.45) is 10.9 Å². The van der Waals surface area contributed by atoms with Gasteiger partial charge in [-0.25, -0.2) is 4.79 Å². The molecule has 0 aromatic rings. The third-order valence-corrected chi connectivity index (χ3v) is 5.68. The number of carbonyl (C=O) groups is 2. The van der Waals surface area contributed by atoms with Gasteiger partial charge in [0.15, 0.2) is 5.96 Å². The molecule has 3 N–H and O–H groups in total. The highest BCUT2D eigenvalue weighted by molar-refractivity contribution is 6.06. The van der Waals surface area contributed by atoms with Gasteiger partial charge in [-0.1, -0.05) is 13.3 Å². The largest absolute Gasteiger partial charge is 0.391 e. The number of nitrogens with one attached hydrogen (secondary N) is 3. The Kier molecular flexibility index (Phi) is 7.76. The minimum atomic E-state index is -4.16. The number of hydrogen-bond donors (Lipinski definition) is 3. The Morgan fingerprint density at radius 1 is 1.31 bits per heavy atom. The van der Waals surface area contributed by atoms with Crippen molar-refractivity contribution in [3.05, 3.63) is 0 Å². The topological polar surface area (TPSA) is 85.8 Å². The number of alkyl halides is 3. The molecule has 3 unspecified atom stereocenters. The summed E-state index contributed by atoms with van der Waals surface area (Å²) in [7, 11) is 0. The van der Waals surface area contributed by atoms with Crippen LogP contribution in [-0.2, 0) is 4.79 Å². The highest BCUT2D eigenvalue weighted by Crippen LogP contribution is 2.37. The predicted molar refractivity (Wildman–Crippen MR) is 104 cm³/mol. The number of carbonyl (C=O) groups excluding carboxylic acids is 2. The van der Waals surface area contributed by atoms with Crippen LogP contribution < -0.4 is 16.0 Å². The van der Waals surface area contributed by atoms with E-state index in [1.807, 2.05) is 13.8 Å². The van der Waals surface area contributed by atoms with E-state index in [-0.39, 0.29) is 31.3 Å². The van der Waals surface area contributed by atoms with Crippen LogP contribution >= 0.6 is 0 Å². The minimum Gasteiger partial charge on any atom is -0.357 e. The molecule has 0 aromatic heterocycles. The normalized spacial score (nSPS) is 28.5. The zero-order valence-electron chi connectivity index (χ0n) is 17.4. The average Bonchev–Trinajstić information content (AvgIpc) is 2.88. The number of amides is 3. The van der Waals surface area contributed by atoms with E-state index >= 15 is 0 Å². The fourth-order valence-electron chi connectivity index (χ4n) is 3.74. The van der Waals surface area contributed by atoms with Crippen LogP contribution in [0.15, 0.2) is 4.99 Å². The molecular formula is C19H32F3N5O2. The molecule has 0 spiro atoms. The molecule has 0 aromatic carbocycles. The van der Waals surface area contributed by atoms with Gasteiger partial charge in [-0.15, -0.1) is 0 Å².